The lowest BCUT2D eigenvalue weighted by Crippen LogP contribution is -2.24. The van der Waals surface area contributed by atoms with Gasteiger partial charge in [-0.15, -0.1) is 0 Å². The Hall–Kier alpha value is -0.300. The molecule has 0 bridgehead atoms. The van der Waals surface area contributed by atoms with Crippen molar-refractivity contribution in [2.75, 3.05) is 0 Å². The van der Waals surface area contributed by atoms with E-state index in [1.807, 2.05) is 0 Å². The monoisotopic (exact) mass is 180 g/mol. The molecule has 1 unspecified atom stereocenters. The van der Waals surface area contributed by atoms with Crippen LogP contribution in [-0.4, -0.2) is 12.2 Å². The highest BCUT2D eigenvalue weighted by Crippen LogP contribution is 2.24. The van der Waals surface area contributed by atoms with Gasteiger partial charge < -0.3 is 4.74 Å². The van der Waals surface area contributed by atoms with Crippen molar-refractivity contribution in [3.8, 4) is 0 Å². The van der Waals surface area contributed by atoms with Gasteiger partial charge >= 0.3 is 0 Å². The molecule has 0 N–H and O–H groups in total. The van der Waals surface area contributed by atoms with E-state index in [9.17, 15) is 0 Å². The van der Waals surface area contributed by atoms with E-state index >= 15 is 0 Å². The molecule has 74 valence electrons. The lowest BCUT2D eigenvalue weighted by atomic mass is 9.97. The van der Waals surface area contributed by atoms with Crippen molar-refractivity contribution in [3.05, 3.63) is 12.2 Å². The van der Waals surface area contributed by atoms with E-state index in [1.165, 1.54) is 44.9 Å². The highest BCUT2D eigenvalue weighted by molar-refractivity contribution is 4.91. The SMILES string of the molecule is C1=CCC(OC2CCCCC2)CC1. The van der Waals surface area contributed by atoms with E-state index in [4.69, 9.17) is 4.74 Å². The van der Waals surface area contributed by atoms with Crippen LogP contribution in [-0.2, 0) is 4.74 Å². The lowest BCUT2D eigenvalue weighted by Gasteiger charge is -2.28. The van der Waals surface area contributed by atoms with Crippen molar-refractivity contribution in [3.63, 3.8) is 0 Å². The molecule has 1 saturated carbocycles. The van der Waals surface area contributed by atoms with Crippen molar-refractivity contribution in [2.24, 2.45) is 0 Å². The summed E-state index contributed by atoms with van der Waals surface area (Å²) in [7, 11) is 0. The maximum atomic E-state index is 6.08. The maximum Gasteiger partial charge on any atom is 0.0616 e. The van der Waals surface area contributed by atoms with Crippen molar-refractivity contribution < 1.29 is 4.74 Å². The first-order chi connectivity index (χ1) is 6.45. The fourth-order valence-corrected chi connectivity index (χ4v) is 2.36. The third kappa shape index (κ3) is 2.84. The fourth-order valence-electron chi connectivity index (χ4n) is 2.36. The average Bonchev–Trinajstić information content (AvgIpc) is 2.21. The van der Waals surface area contributed by atoms with Crippen LogP contribution in [0.25, 0.3) is 0 Å². The molecule has 2 aliphatic carbocycles. The van der Waals surface area contributed by atoms with Gasteiger partial charge in [-0.3, -0.25) is 0 Å². The van der Waals surface area contributed by atoms with Gasteiger partial charge in [-0.1, -0.05) is 31.4 Å². The highest BCUT2D eigenvalue weighted by Gasteiger charge is 2.18. The van der Waals surface area contributed by atoms with Crippen LogP contribution in [0.4, 0.5) is 0 Å². The minimum absolute atomic E-state index is 0.535. The van der Waals surface area contributed by atoms with Gasteiger partial charge in [0.05, 0.1) is 12.2 Å². The van der Waals surface area contributed by atoms with Gasteiger partial charge in [0.15, 0.2) is 0 Å². The summed E-state index contributed by atoms with van der Waals surface area (Å²) in [5, 5.41) is 0. The maximum absolute atomic E-state index is 6.08. The van der Waals surface area contributed by atoms with E-state index in [0.29, 0.717) is 12.2 Å². The normalized spacial score (nSPS) is 30.6. The van der Waals surface area contributed by atoms with Gasteiger partial charge in [-0.05, 0) is 32.1 Å². The van der Waals surface area contributed by atoms with Crippen LogP contribution in [0.3, 0.4) is 0 Å². The Bertz CT molecular complexity index is 168. The molecule has 0 saturated heterocycles. The van der Waals surface area contributed by atoms with Crippen molar-refractivity contribution in [2.45, 2.75) is 63.6 Å². The average molecular weight is 180 g/mol. The molecule has 0 aromatic carbocycles. The minimum Gasteiger partial charge on any atom is -0.375 e. The molecule has 0 radical (unpaired) electrons. The molecule has 1 fully saturated rings. The van der Waals surface area contributed by atoms with E-state index in [2.05, 4.69) is 12.2 Å². The van der Waals surface area contributed by atoms with Crippen LogP contribution in [0.2, 0.25) is 0 Å². The second-order valence-electron chi connectivity index (χ2n) is 4.30. The van der Waals surface area contributed by atoms with Crippen LogP contribution in [0.1, 0.15) is 51.4 Å². The van der Waals surface area contributed by atoms with E-state index in [1.54, 1.807) is 0 Å². The summed E-state index contributed by atoms with van der Waals surface area (Å²) in [4.78, 5) is 0. The third-order valence-electron chi connectivity index (χ3n) is 3.16. The zero-order valence-corrected chi connectivity index (χ0v) is 8.37. The smallest absolute Gasteiger partial charge is 0.0616 e. The molecule has 0 aromatic heterocycles. The molecule has 0 spiro atoms. The quantitative estimate of drug-likeness (QED) is 0.591. The Morgan fingerprint density at radius 2 is 1.69 bits per heavy atom. The van der Waals surface area contributed by atoms with Crippen LogP contribution in [0, 0.1) is 0 Å². The Balaban J connectivity index is 1.72. The molecule has 1 atom stereocenters. The number of hydrogen-bond acceptors (Lipinski definition) is 1. The summed E-state index contributed by atoms with van der Waals surface area (Å²) in [6.45, 7) is 0. The Kier molecular flexibility index (Phi) is 3.42. The zero-order chi connectivity index (χ0) is 8.93. The summed E-state index contributed by atoms with van der Waals surface area (Å²) >= 11 is 0. The summed E-state index contributed by atoms with van der Waals surface area (Å²) < 4.78 is 6.08. The Morgan fingerprint density at radius 3 is 2.38 bits per heavy atom. The number of ether oxygens (including phenoxy) is 1. The fraction of sp³-hybridized carbons (Fsp3) is 0.833. The molecule has 13 heavy (non-hydrogen) atoms. The molecule has 0 aromatic rings. The Morgan fingerprint density at radius 1 is 0.846 bits per heavy atom. The third-order valence-corrected chi connectivity index (χ3v) is 3.16. The second kappa shape index (κ2) is 4.80. The highest BCUT2D eigenvalue weighted by atomic mass is 16.5. The first-order valence-corrected chi connectivity index (χ1v) is 5.75. The van der Waals surface area contributed by atoms with Crippen LogP contribution < -0.4 is 0 Å². The van der Waals surface area contributed by atoms with E-state index in [-0.39, 0.29) is 0 Å². The van der Waals surface area contributed by atoms with E-state index in [0.717, 1.165) is 6.42 Å². The van der Waals surface area contributed by atoms with Gasteiger partial charge in [0.2, 0.25) is 0 Å². The van der Waals surface area contributed by atoms with E-state index < -0.39 is 0 Å². The first kappa shape index (κ1) is 9.26. The predicted octanol–water partition coefficient (Wildman–Crippen LogP) is 3.44. The standard InChI is InChI=1S/C12H20O/c1-3-7-11(8-4-1)13-12-9-5-2-6-10-12/h1,3,11-12H,2,4-10H2. The summed E-state index contributed by atoms with van der Waals surface area (Å²) in [6.07, 6.45) is 16.1. The summed E-state index contributed by atoms with van der Waals surface area (Å²) in [6, 6.07) is 0. The summed E-state index contributed by atoms with van der Waals surface area (Å²) in [5.74, 6) is 0. The minimum atomic E-state index is 0.535. The van der Waals surface area contributed by atoms with Gasteiger partial charge in [0, 0.05) is 0 Å². The summed E-state index contributed by atoms with van der Waals surface area (Å²) in [5.41, 5.74) is 0. The van der Waals surface area contributed by atoms with Crippen molar-refractivity contribution >= 4 is 0 Å². The molecule has 1 nitrogen and oxygen atoms in total. The first-order valence-electron chi connectivity index (χ1n) is 5.75. The van der Waals surface area contributed by atoms with Crippen LogP contribution in [0.5, 0.6) is 0 Å². The van der Waals surface area contributed by atoms with Crippen molar-refractivity contribution in [1.29, 1.82) is 0 Å². The molecule has 0 heterocycles. The molecule has 0 amide bonds. The van der Waals surface area contributed by atoms with Gasteiger partial charge in [-0.2, -0.15) is 0 Å². The van der Waals surface area contributed by atoms with Crippen molar-refractivity contribution in [1.82, 2.24) is 0 Å². The molecular formula is C12H20O. The topological polar surface area (TPSA) is 9.23 Å². The van der Waals surface area contributed by atoms with Crippen LogP contribution in [0.15, 0.2) is 12.2 Å². The molecule has 2 rings (SSSR count). The molecular weight excluding hydrogens is 160 g/mol. The number of hydrogen-bond donors (Lipinski definition) is 0. The Labute approximate surface area is 81.2 Å². The lowest BCUT2D eigenvalue weighted by molar-refractivity contribution is -0.0329. The number of rotatable bonds is 2. The van der Waals surface area contributed by atoms with Crippen LogP contribution >= 0.6 is 0 Å². The second-order valence-corrected chi connectivity index (χ2v) is 4.30. The molecule has 1 heteroatoms. The predicted molar refractivity (Wildman–Crippen MR) is 54.7 cm³/mol. The molecule has 2 aliphatic rings. The zero-order valence-electron chi connectivity index (χ0n) is 8.37. The largest absolute Gasteiger partial charge is 0.375 e. The van der Waals surface area contributed by atoms with Gasteiger partial charge in [0.1, 0.15) is 0 Å². The number of allylic oxidation sites excluding steroid dienone is 1. The van der Waals surface area contributed by atoms with Gasteiger partial charge in [0.25, 0.3) is 0 Å². The molecule has 0 aliphatic heterocycles. The van der Waals surface area contributed by atoms with Gasteiger partial charge in [-0.25, -0.2) is 0 Å².